The zero-order chi connectivity index (χ0) is 14.3. The van der Waals surface area contributed by atoms with Gasteiger partial charge in [-0.1, -0.05) is 41.4 Å². The van der Waals surface area contributed by atoms with Crippen molar-refractivity contribution in [2.45, 2.75) is 26.0 Å². The number of hydrogen-bond acceptors (Lipinski definition) is 2. The first-order valence-electron chi connectivity index (χ1n) is 6.53. The second-order valence-corrected chi connectivity index (χ2v) is 5.55. The van der Waals surface area contributed by atoms with E-state index in [9.17, 15) is 4.39 Å². The molecule has 0 amide bonds. The van der Waals surface area contributed by atoms with Crippen molar-refractivity contribution >= 4 is 17.3 Å². The Morgan fingerprint density at radius 1 is 1.20 bits per heavy atom. The molecule has 0 bridgehead atoms. The number of aryl methyl sites for hydroxylation is 1. The van der Waals surface area contributed by atoms with E-state index in [1.807, 2.05) is 38.1 Å². The Morgan fingerprint density at radius 3 is 2.60 bits per heavy atom. The predicted octanol–water partition coefficient (Wildman–Crippen LogP) is 4.72. The first kappa shape index (κ1) is 13.3. The third-order valence-corrected chi connectivity index (χ3v) is 3.78. The largest absolute Gasteiger partial charge is 0.480 e. The predicted molar refractivity (Wildman–Crippen MR) is 79.0 cm³/mol. The molecule has 1 heterocycles. The minimum Gasteiger partial charge on any atom is -0.480 e. The van der Waals surface area contributed by atoms with Gasteiger partial charge in [0.05, 0.1) is 16.8 Å². The third kappa shape index (κ3) is 2.34. The third-order valence-electron chi connectivity index (χ3n) is 3.50. The molecule has 0 spiro atoms. The van der Waals surface area contributed by atoms with Gasteiger partial charge < -0.3 is 10.1 Å². The lowest BCUT2D eigenvalue weighted by Crippen LogP contribution is -2.32. The number of nitrogens with one attached hydrogen (secondary N) is 1. The molecule has 0 fully saturated rings. The summed E-state index contributed by atoms with van der Waals surface area (Å²) in [7, 11) is 0. The molecule has 2 atom stereocenters. The van der Waals surface area contributed by atoms with Crippen LogP contribution in [0.5, 0.6) is 5.75 Å². The normalized spacial score (nSPS) is 20.8. The van der Waals surface area contributed by atoms with Crippen LogP contribution in [0.2, 0.25) is 5.02 Å². The highest BCUT2D eigenvalue weighted by atomic mass is 35.5. The summed E-state index contributed by atoms with van der Waals surface area (Å²) in [5.74, 6) is 0.141. The minimum atomic E-state index is -0.370. The van der Waals surface area contributed by atoms with Crippen LogP contribution in [0.15, 0.2) is 36.4 Å². The highest BCUT2D eigenvalue weighted by Gasteiger charge is 2.29. The second-order valence-electron chi connectivity index (χ2n) is 5.15. The van der Waals surface area contributed by atoms with Gasteiger partial charge in [-0.15, -0.1) is 0 Å². The van der Waals surface area contributed by atoms with Crippen molar-refractivity contribution in [1.82, 2.24) is 0 Å². The molecule has 1 aliphatic heterocycles. The van der Waals surface area contributed by atoms with Crippen molar-refractivity contribution in [2.75, 3.05) is 5.32 Å². The van der Waals surface area contributed by atoms with Gasteiger partial charge in [0.15, 0.2) is 5.75 Å². The number of ether oxygens (including phenoxy) is 1. The smallest absolute Gasteiger partial charge is 0.162 e. The van der Waals surface area contributed by atoms with Gasteiger partial charge in [-0.25, -0.2) is 4.39 Å². The van der Waals surface area contributed by atoms with Crippen LogP contribution >= 0.6 is 11.6 Å². The van der Waals surface area contributed by atoms with E-state index in [4.69, 9.17) is 16.3 Å². The van der Waals surface area contributed by atoms with E-state index < -0.39 is 0 Å². The number of anilines is 1. The summed E-state index contributed by atoms with van der Waals surface area (Å²) in [5.41, 5.74) is 2.87. The van der Waals surface area contributed by atoms with Crippen LogP contribution in [0.4, 0.5) is 10.1 Å². The Hall–Kier alpha value is -1.74. The van der Waals surface area contributed by atoms with E-state index in [2.05, 4.69) is 5.32 Å². The molecule has 2 unspecified atom stereocenters. The van der Waals surface area contributed by atoms with Gasteiger partial charge in [0.1, 0.15) is 11.9 Å². The number of rotatable bonds is 1. The maximum absolute atomic E-state index is 13.4. The molecule has 0 saturated carbocycles. The Balaban J connectivity index is 1.98. The van der Waals surface area contributed by atoms with Gasteiger partial charge in [-0.2, -0.15) is 0 Å². The summed E-state index contributed by atoms with van der Waals surface area (Å²) in [6, 6.07) is 10.9. The molecular formula is C16H15ClFNO. The first-order valence-corrected chi connectivity index (χ1v) is 6.91. The Kier molecular flexibility index (Phi) is 3.30. The van der Waals surface area contributed by atoms with Crippen molar-refractivity contribution in [3.8, 4) is 5.75 Å². The molecule has 0 radical (unpaired) electrons. The minimum absolute atomic E-state index is 0.0306. The molecule has 20 heavy (non-hydrogen) atoms. The Morgan fingerprint density at radius 2 is 1.90 bits per heavy atom. The highest BCUT2D eigenvalue weighted by Crippen LogP contribution is 2.42. The lowest BCUT2D eigenvalue weighted by Gasteiger charge is -2.34. The maximum atomic E-state index is 13.4. The lowest BCUT2D eigenvalue weighted by atomic mass is 10.00. The molecule has 1 N–H and O–H groups in total. The zero-order valence-corrected chi connectivity index (χ0v) is 12.0. The van der Waals surface area contributed by atoms with Crippen molar-refractivity contribution < 1.29 is 9.13 Å². The molecule has 0 aromatic heterocycles. The maximum Gasteiger partial charge on any atom is 0.162 e. The second kappa shape index (κ2) is 4.98. The summed E-state index contributed by atoms with van der Waals surface area (Å²) in [6.07, 6.45) is -0.147. The summed E-state index contributed by atoms with van der Waals surface area (Å²) in [6.45, 7) is 4.05. The molecule has 2 nitrogen and oxygen atoms in total. The average Bonchev–Trinajstić information content (AvgIpc) is 2.39. The van der Waals surface area contributed by atoms with Crippen LogP contribution in [-0.2, 0) is 0 Å². The fourth-order valence-corrected chi connectivity index (χ4v) is 2.70. The van der Waals surface area contributed by atoms with Crippen LogP contribution in [-0.4, -0.2) is 6.04 Å². The molecule has 4 heteroatoms. The van der Waals surface area contributed by atoms with Crippen LogP contribution in [0.25, 0.3) is 0 Å². The van der Waals surface area contributed by atoms with Gasteiger partial charge in [0.2, 0.25) is 0 Å². The highest BCUT2D eigenvalue weighted by molar-refractivity contribution is 6.32. The molecule has 0 saturated heterocycles. The molecule has 0 aliphatic carbocycles. The summed E-state index contributed by atoms with van der Waals surface area (Å²) in [4.78, 5) is 0. The molecule has 3 rings (SSSR count). The number of fused-ring (bicyclic) bond motifs is 1. The summed E-state index contributed by atoms with van der Waals surface area (Å²) < 4.78 is 19.4. The Bertz CT molecular complexity index is 642. The number of hydrogen-bond donors (Lipinski definition) is 1. The van der Waals surface area contributed by atoms with Crippen molar-refractivity contribution in [2.24, 2.45) is 0 Å². The Labute approximate surface area is 122 Å². The lowest BCUT2D eigenvalue weighted by molar-refractivity contribution is 0.177. The summed E-state index contributed by atoms with van der Waals surface area (Å²) >= 11 is 6.07. The van der Waals surface area contributed by atoms with Crippen LogP contribution in [0.3, 0.4) is 0 Å². The topological polar surface area (TPSA) is 21.3 Å². The number of halogens is 2. The van der Waals surface area contributed by atoms with Gasteiger partial charge in [0, 0.05) is 6.07 Å². The molecule has 2 aromatic rings. The molecular weight excluding hydrogens is 277 g/mol. The van der Waals surface area contributed by atoms with Gasteiger partial charge in [-0.3, -0.25) is 0 Å². The van der Waals surface area contributed by atoms with Gasteiger partial charge in [-0.05, 0) is 25.5 Å². The van der Waals surface area contributed by atoms with Gasteiger partial charge >= 0.3 is 0 Å². The van der Waals surface area contributed by atoms with E-state index in [1.54, 1.807) is 0 Å². The SMILES string of the molecule is Cc1ccc(C2Oc3c(Cl)cc(F)cc3NC2C)cc1. The van der Waals surface area contributed by atoms with Crippen molar-refractivity contribution in [1.29, 1.82) is 0 Å². The van der Waals surface area contributed by atoms with E-state index in [0.717, 1.165) is 5.56 Å². The van der Waals surface area contributed by atoms with E-state index in [0.29, 0.717) is 11.4 Å². The first-order chi connectivity index (χ1) is 9.54. The van der Waals surface area contributed by atoms with Crippen LogP contribution in [0, 0.1) is 12.7 Å². The fraction of sp³-hybridized carbons (Fsp3) is 0.250. The zero-order valence-electron chi connectivity index (χ0n) is 11.3. The van der Waals surface area contributed by atoms with E-state index >= 15 is 0 Å². The fourth-order valence-electron chi connectivity index (χ4n) is 2.45. The molecule has 104 valence electrons. The van der Waals surface area contributed by atoms with Crippen molar-refractivity contribution in [3.05, 3.63) is 58.4 Å². The standard InChI is InChI=1S/C16H15ClFNO/c1-9-3-5-11(6-4-9)15-10(2)19-14-8-12(18)7-13(17)16(14)20-15/h3-8,10,15,19H,1-2H3. The van der Waals surface area contributed by atoms with Crippen LogP contribution < -0.4 is 10.1 Å². The molecule has 1 aliphatic rings. The van der Waals surface area contributed by atoms with Gasteiger partial charge in [0.25, 0.3) is 0 Å². The van der Waals surface area contributed by atoms with E-state index in [1.165, 1.54) is 17.7 Å². The van der Waals surface area contributed by atoms with Crippen LogP contribution in [0.1, 0.15) is 24.2 Å². The van der Waals surface area contributed by atoms with E-state index in [-0.39, 0.29) is 23.0 Å². The molecule has 2 aromatic carbocycles. The van der Waals surface area contributed by atoms with Crippen molar-refractivity contribution in [3.63, 3.8) is 0 Å². The number of benzene rings is 2. The quantitative estimate of drug-likeness (QED) is 0.821. The summed E-state index contributed by atoms with van der Waals surface area (Å²) in [5, 5.41) is 3.54. The monoisotopic (exact) mass is 291 g/mol. The average molecular weight is 292 g/mol.